The van der Waals surface area contributed by atoms with E-state index in [1.54, 1.807) is 12.1 Å². The second-order valence-corrected chi connectivity index (χ2v) is 3.91. The molecule has 0 spiro atoms. The summed E-state index contributed by atoms with van der Waals surface area (Å²) in [5.41, 5.74) is 1.65. The molecular formula is C13H12N2. The minimum absolute atomic E-state index is 0.181. The van der Waals surface area contributed by atoms with Gasteiger partial charge < -0.3 is 0 Å². The maximum Gasteiger partial charge on any atom is 0.101 e. The highest BCUT2D eigenvalue weighted by Crippen LogP contribution is 2.25. The average Bonchev–Trinajstić information content (AvgIpc) is 2.28. The van der Waals surface area contributed by atoms with Gasteiger partial charge in [0.1, 0.15) is 12.1 Å². The zero-order valence-electron chi connectivity index (χ0n) is 8.91. The molecule has 0 atom stereocenters. The third-order valence-corrected chi connectivity index (χ3v) is 2.51. The van der Waals surface area contributed by atoms with Crippen LogP contribution in [0.4, 0.5) is 0 Å². The summed E-state index contributed by atoms with van der Waals surface area (Å²) in [6, 6.07) is 9.31. The van der Waals surface area contributed by atoms with Crippen LogP contribution < -0.4 is 0 Å². The van der Waals surface area contributed by atoms with Crippen molar-refractivity contribution in [3.63, 3.8) is 0 Å². The van der Waals surface area contributed by atoms with Crippen LogP contribution in [0.3, 0.4) is 0 Å². The number of rotatable bonds is 2. The molecule has 0 aromatic heterocycles. The van der Waals surface area contributed by atoms with Gasteiger partial charge in [-0.1, -0.05) is 26.0 Å². The van der Waals surface area contributed by atoms with Gasteiger partial charge in [0.15, 0.2) is 0 Å². The van der Waals surface area contributed by atoms with Crippen molar-refractivity contribution in [1.82, 2.24) is 0 Å². The van der Waals surface area contributed by atoms with Crippen molar-refractivity contribution in [3.05, 3.63) is 47.5 Å². The summed E-state index contributed by atoms with van der Waals surface area (Å²) in [6.45, 7) is 7.79. The normalized spacial score (nSPS) is 10.1. The Labute approximate surface area is 90.1 Å². The molecule has 1 aromatic carbocycles. The monoisotopic (exact) mass is 196 g/mol. The Bertz CT molecular complexity index is 470. The first-order valence-corrected chi connectivity index (χ1v) is 4.63. The van der Waals surface area contributed by atoms with Crippen LogP contribution >= 0.6 is 0 Å². The molecule has 15 heavy (non-hydrogen) atoms. The van der Waals surface area contributed by atoms with Crippen LogP contribution in [0.15, 0.2) is 30.9 Å². The van der Waals surface area contributed by atoms with Crippen LogP contribution in [0.25, 0.3) is 0 Å². The SMILES string of the molecule is C=CC(C)(C)c1ccc(C#N)c(C#N)c1. The lowest BCUT2D eigenvalue weighted by atomic mass is 9.83. The molecule has 0 radical (unpaired) electrons. The molecule has 0 aliphatic rings. The van der Waals surface area contributed by atoms with Crippen LogP contribution in [-0.2, 0) is 5.41 Å². The van der Waals surface area contributed by atoms with Crippen LogP contribution in [0.1, 0.15) is 30.5 Å². The Morgan fingerprint density at radius 1 is 1.20 bits per heavy atom. The minimum Gasteiger partial charge on any atom is -0.192 e. The number of allylic oxidation sites excluding steroid dienone is 1. The molecule has 1 rings (SSSR count). The minimum atomic E-state index is -0.181. The molecule has 0 N–H and O–H groups in total. The van der Waals surface area contributed by atoms with Crippen molar-refractivity contribution in [2.75, 3.05) is 0 Å². The van der Waals surface area contributed by atoms with E-state index in [0.717, 1.165) is 5.56 Å². The van der Waals surface area contributed by atoms with Gasteiger partial charge in [0.2, 0.25) is 0 Å². The topological polar surface area (TPSA) is 47.6 Å². The van der Waals surface area contributed by atoms with Gasteiger partial charge in [-0.15, -0.1) is 6.58 Å². The van der Waals surface area contributed by atoms with Crippen LogP contribution in [0, 0.1) is 22.7 Å². The van der Waals surface area contributed by atoms with E-state index in [1.165, 1.54) is 0 Å². The maximum absolute atomic E-state index is 8.89. The largest absolute Gasteiger partial charge is 0.192 e. The maximum atomic E-state index is 8.89. The molecule has 1 aromatic rings. The van der Waals surface area contributed by atoms with Gasteiger partial charge in [0.05, 0.1) is 11.1 Å². The second-order valence-electron chi connectivity index (χ2n) is 3.91. The van der Waals surface area contributed by atoms with Gasteiger partial charge in [-0.2, -0.15) is 10.5 Å². The van der Waals surface area contributed by atoms with E-state index in [-0.39, 0.29) is 5.41 Å². The highest BCUT2D eigenvalue weighted by Gasteiger charge is 2.17. The molecule has 0 aliphatic carbocycles. The molecule has 0 fully saturated rings. The fourth-order valence-corrected chi connectivity index (χ4v) is 1.25. The van der Waals surface area contributed by atoms with Gasteiger partial charge >= 0.3 is 0 Å². The summed E-state index contributed by atoms with van der Waals surface area (Å²) >= 11 is 0. The number of hydrogen-bond acceptors (Lipinski definition) is 2. The zero-order chi connectivity index (χ0) is 11.5. The Kier molecular flexibility index (Phi) is 2.93. The Hall–Kier alpha value is -2.06. The van der Waals surface area contributed by atoms with Gasteiger partial charge in [-0.25, -0.2) is 0 Å². The molecule has 2 nitrogen and oxygen atoms in total. The molecular weight excluding hydrogens is 184 g/mol. The van der Waals surface area contributed by atoms with E-state index in [2.05, 4.69) is 6.58 Å². The second kappa shape index (κ2) is 3.98. The van der Waals surface area contributed by atoms with Crippen LogP contribution in [0.2, 0.25) is 0 Å². The summed E-state index contributed by atoms with van der Waals surface area (Å²) in [5, 5.41) is 17.7. The molecule has 0 saturated heterocycles. The molecule has 0 bridgehead atoms. The number of nitrogens with zero attached hydrogens (tertiary/aromatic N) is 2. The highest BCUT2D eigenvalue weighted by atomic mass is 14.3. The predicted octanol–water partition coefficient (Wildman–Crippen LogP) is 2.89. The first-order chi connectivity index (χ1) is 7.05. The van der Waals surface area contributed by atoms with Crippen molar-refractivity contribution in [2.45, 2.75) is 19.3 Å². The average molecular weight is 196 g/mol. The highest BCUT2D eigenvalue weighted by molar-refractivity contribution is 5.49. The number of benzene rings is 1. The first-order valence-electron chi connectivity index (χ1n) is 4.63. The lowest BCUT2D eigenvalue weighted by molar-refractivity contribution is 0.671. The standard InChI is InChI=1S/C13H12N2/c1-4-13(2,3)12-6-5-10(8-14)11(7-12)9-15/h4-7H,1H2,2-3H3. The van der Waals surface area contributed by atoms with Gasteiger partial charge in [0, 0.05) is 5.41 Å². The van der Waals surface area contributed by atoms with Crippen molar-refractivity contribution < 1.29 is 0 Å². The number of nitriles is 2. The van der Waals surface area contributed by atoms with Gasteiger partial charge in [-0.3, -0.25) is 0 Å². The molecule has 0 unspecified atom stereocenters. The first kappa shape index (κ1) is 11.0. The van der Waals surface area contributed by atoms with E-state index in [4.69, 9.17) is 10.5 Å². The molecule has 0 aliphatic heterocycles. The van der Waals surface area contributed by atoms with Crippen LogP contribution in [0.5, 0.6) is 0 Å². The quantitative estimate of drug-likeness (QED) is 0.683. The number of hydrogen-bond donors (Lipinski definition) is 0. The Balaban J connectivity index is 3.35. The van der Waals surface area contributed by atoms with Gasteiger partial charge in [-0.05, 0) is 17.7 Å². The lowest BCUT2D eigenvalue weighted by Gasteiger charge is -2.20. The van der Waals surface area contributed by atoms with E-state index < -0.39 is 0 Å². The molecule has 2 heteroatoms. The molecule has 0 amide bonds. The predicted molar refractivity (Wildman–Crippen MR) is 59.1 cm³/mol. The van der Waals surface area contributed by atoms with Crippen molar-refractivity contribution in [1.29, 1.82) is 10.5 Å². The summed E-state index contributed by atoms with van der Waals surface area (Å²) in [5.74, 6) is 0. The fraction of sp³-hybridized carbons (Fsp3) is 0.231. The van der Waals surface area contributed by atoms with Crippen molar-refractivity contribution >= 4 is 0 Å². The molecule has 0 heterocycles. The molecule has 74 valence electrons. The van der Waals surface area contributed by atoms with Gasteiger partial charge in [0.25, 0.3) is 0 Å². The summed E-state index contributed by atoms with van der Waals surface area (Å²) < 4.78 is 0. The summed E-state index contributed by atoms with van der Waals surface area (Å²) in [4.78, 5) is 0. The van der Waals surface area contributed by atoms with E-state index >= 15 is 0 Å². The summed E-state index contributed by atoms with van der Waals surface area (Å²) in [7, 11) is 0. The van der Waals surface area contributed by atoms with E-state index in [9.17, 15) is 0 Å². The van der Waals surface area contributed by atoms with E-state index in [0.29, 0.717) is 11.1 Å². The van der Waals surface area contributed by atoms with E-state index in [1.807, 2.05) is 38.1 Å². The van der Waals surface area contributed by atoms with Crippen molar-refractivity contribution in [2.24, 2.45) is 0 Å². The third kappa shape index (κ3) is 2.06. The summed E-state index contributed by atoms with van der Waals surface area (Å²) in [6.07, 6.45) is 1.83. The Morgan fingerprint density at radius 3 is 2.27 bits per heavy atom. The van der Waals surface area contributed by atoms with Crippen molar-refractivity contribution in [3.8, 4) is 12.1 Å². The zero-order valence-corrected chi connectivity index (χ0v) is 8.91. The fourth-order valence-electron chi connectivity index (χ4n) is 1.25. The molecule has 0 saturated carbocycles. The smallest absolute Gasteiger partial charge is 0.101 e. The lowest BCUT2D eigenvalue weighted by Crippen LogP contribution is -2.13. The van der Waals surface area contributed by atoms with Crippen LogP contribution in [-0.4, -0.2) is 0 Å². The Morgan fingerprint density at radius 2 is 1.80 bits per heavy atom. The third-order valence-electron chi connectivity index (χ3n) is 2.51.